The largest absolute Gasteiger partial charge is 0.354 e. The molecular formula is C32H40N2O2. The number of hydrogen-bond donors (Lipinski definition) is 1. The van der Waals surface area contributed by atoms with Gasteiger partial charge in [0.1, 0.15) is 6.04 Å². The number of benzene rings is 3. The topological polar surface area (TPSA) is 49.4 Å². The number of hydrogen-bond acceptors (Lipinski definition) is 2. The summed E-state index contributed by atoms with van der Waals surface area (Å²) >= 11 is 0. The zero-order valence-corrected chi connectivity index (χ0v) is 22.0. The predicted molar refractivity (Wildman–Crippen MR) is 148 cm³/mol. The Balaban J connectivity index is 1.86. The van der Waals surface area contributed by atoms with Crippen molar-refractivity contribution in [2.24, 2.45) is 0 Å². The van der Waals surface area contributed by atoms with Crippen molar-refractivity contribution in [2.45, 2.75) is 71.9 Å². The predicted octanol–water partition coefficient (Wildman–Crippen LogP) is 6.05. The van der Waals surface area contributed by atoms with E-state index in [4.69, 9.17) is 0 Å². The van der Waals surface area contributed by atoms with Crippen LogP contribution in [0.3, 0.4) is 0 Å². The van der Waals surface area contributed by atoms with Crippen molar-refractivity contribution in [3.8, 4) is 0 Å². The van der Waals surface area contributed by atoms with Crippen LogP contribution in [0.25, 0.3) is 0 Å². The van der Waals surface area contributed by atoms with E-state index >= 15 is 0 Å². The molecule has 2 amide bonds. The molecule has 0 saturated carbocycles. The van der Waals surface area contributed by atoms with Crippen molar-refractivity contribution in [3.05, 3.63) is 107 Å². The first-order valence-corrected chi connectivity index (χ1v) is 13.2. The molecule has 190 valence electrons. The Bertz CT molecular complexity index is 1090. The van der Waals surface area contributed by atoms with E-state index in [1.54, 1.807) is 4.90 Å². The van der Waals surface area contributed by atoms with Crippen molar-refractivity contribution >= 4 is 11.8 Å². The lowest BCUT2D eigenvalue weighted by atomic mass is 10.0. The van der Waals surface area contributed by atoms with E-state index < -0.39 is 6.04 Å². The second-order valence-corrected chi connectivity index (χ2v) is 9.53. The lowest BCUT2D eigenvalue weighted by molar-refractivity contribution is -0.141. The van der Waals surface area contributed by atoms with Crippen molar-refractivity contribution < 1.29 is 9.59 Å². The van der Waals surface area contributed by atoms with E-state index in [1.165, 1.54) is 5.56 Å². The third-order valence-corrected chi connectivity index (χ3v) is 6.59. The molecule has 1 N–H and O–H groups in total. The molecule has 4 nitrogen and oxygen atoms in total. The molecule has 0 unspecified atom stereocenters. The number of carbonyl (C=O) groups excluding carboxylic acids is 2. The van der Waals surface area contributed by atoms with Crippen LogP contribution in [0.1, 0.15) is 60.9 Å². The van der Waals surface area contributed by atoms with E-state index in [-0.39, 0.29) is 11.8 Å². The van der Waals surface area contributed by atoms with Crippen LogP contribution in [0.2, 0.25) is 0 Å². The Kier molecular flexibility index (Phi) is 10.7. The third-order valence-electron chi connectivity index (χ3n) is 6.59. The SMILES string of the molecule is CCCCNC(=O)[C@H](Cc1ccccc1)N(Cc1cccc(C)c1)C(=O)CCc1ccc(CC)cc1. The summed E-state index contributed by atoms with van der Waals surface area (Å²) in [4.78, 5) is 29.0. The van der Waals surface area contributed by atoms with Crippen LogP contribution in [0.5, 0.6) is 0 Å². The molecule has 0 aromatic heterocycles. The first kappa shape index (κ1) is 27.2. The highest BCUT2D eigenvalue weighted by Gasteiger charge is 2.30. The fraction of sp³-hybridized carbons (Fsp3) is 0.375. The highest BCUT2D eigenvalue weighted by Crippen LogP contribution is 2.18. The molecule has 0 radical (unpaired) electrons. The summed E-state index contributed by atoms with van der Waals surface area (Å²) in [6.45, 7) is 7.33. The molecule has 4 heteroatoms. The van der Waals surface area contributed by atoms with Gasteiger partial charge in [0.2, 0.25) is 11.8 Å². The lowest BCUT2D eigenvalue weighted by Crippen LogP contribution is -2.50. The zero-order chi connectivity index (χ0) is 25.8. The average Bonchev–Trinajstić information content (AvgIpc) is 2.90. The van der Waals surface area contributed by atoms with E-state index in [0.717, 1.165) is 41.5 Å². The molecule has 0 fully saturated rings. The smallest absolute Gasteiger partial charge is 0.243 e. The van der Waals surface area contributed by atoms with Crippen LogP contribution in [0.15, 0.2) is 78.9 Å². The number of amides is 2. The maximum absolute atomic E-state index is 13.7. The number of nitrogens with one attached hydrogen (secondary N) is 1. The Labute approximate surface area is 216 Å². The standard InChI is InChI=1S/C32H40N2O2/c1-4-6-21-33-32(36)30(23-28-12-8-7-9-13-28)34(24-29-14-10-11-25(3)22-29)31(35)20-19-27-17-15-26(5-2)16-18-27/h7-18,22,30H,4-6,19-21,23-24H2,1-3H3,(H,33,36)/t30-/m0/s1. The second-order valence-electron chi connectivity index (χ2n) is 9.53. The van der Waals surface area contributed by atoms with Gasteiger partial charge >= 0.3 is 0 Å². The summed E-state index contributed by atoms with van der Waals surface area (Å²) in [7, 11) is 0. The van der Waals surface area contributed by atoms with E-state index in [1.807, 2.05) is 42.5 Å². The van der Waals surface area contributed by atoms with Gasteiger partial charge in [-0.05, 0) is 48.4 Å². The summed E-state index contributed by atoms with van der Waals surface area (Å²) in [6.07, 6.45) is 4.43. The maximum atomic E-state index is 13.7. The lowest BCUT2D eigenvalue weighted by Gasteiger charge is -2.32. The van der Waals surface area contributed by atoms with Gasteiger partial charge in [-0.1, -0.05) is 105 Å². The highest BCUT2D eigenvalue weighted by molar-refractivity contribution is 5.88. The Morgan fingerprint density at radius 2 is 1.53 bits per heavy atom. The molecule has 0 aliphatic rings. The van der Waals surface area contributed by atoms with Crippen molar-refractivity contribution in [1.29, 1.82) is 0 Å². The van der Waals surface area contributed by atoms with Gasteiger partial charge in [-0.3, -0.25) is 9.59 Å². The summed E-state index contributed by atoms with van der Waals surface area (Å²) < 4.78 is 0. The molecule has 0 spiro atoms. The monoisotopic (exact) mass is 484 g/mol. The van der Waals surface area contributed by atoms with Gasteiger partial charge in [-0.15, -0.1) is 0 Å². The minimum Gasteiger partial charge on any atom is -0.354 e. The zero-order valence-electron chi connectivity index (χ0n) is 22.0. The summed E-state index contributed by atoms with van der Waals surface area (Å²) in [5.41, 5.74) is 5.66. The van der Waals surface area contributed by atoms with Crippen molar-refractivity contribution in [2.75, 3.05) is 6.54 Å². The van der Waals surface area contributed by atoms with Crippen LogP contribution in [0.4, 0.5) is 0 Å². The van der Waals surface area contributed by atoms with Gasteiger partial charge in [0.25, 0.3) is 0 Å². The van der Waals surface area contributed by atoms with Crippen LogP contribution < -0.4 is 5.32 Å². The minimum absolute atomic E-state index is 0.00245. The first-order valence-electron chi connectivity index (χ1n) is 13.2. The second kappa shape index (κ2) is 14.2. The quantitative estimate of drug-likeness (QED) is 0.300. The van der Waals surface area contributed by atoms with Crippen LogP contribution >= 0.6 is 0 Å². The molecule has 1 atom stereocenters. The fourth-order valence-electron chi connectivity index (χ4n) is 4.40. The molecule has 0 aliphatic heterocycles. The number of nitrogens with zero attached hydrogens (tertiary/aromatic N) is 1. The minimum atomic E-state index is -0.570. The highest BCUT2D eigenvalue weighted by atomic mass is 16.2. The van der Waals surface area contributed by atoms with Gasteiger partial charge in [-0.25, -0.2) is 0 Å². The normalized spacial score (nSPS) is 11.6. The molecule has 36 heavy (non-hydrogen) atoms. The molecule has 0 heterocycles. The van der Waals surface area contributed by atoms with Crippen molar-refractivity contribution in [1.82, 2.24) is 10.2 Å². The van der Waals surface area contributed by atoms with E-state index in [0.29, 0.717) is 32.4 Å². The number of unbranched alkanes of at least 4 members (excludes halogenated alkanes) is 1. The summed E-state index contributed by atoms with van der Waals surface area (Å²) in [5, 5.41) is 3.09. The maximum Gasteiger partial charge on any atom is 0.243 e. The Morgan fingerprint density at radius 1 is 0.833 bits per heavy atom. The van der Waals surface area contributed by atoms with Gasteiger partial charge in [0.15, 0.2) is 0 Å². The first-order chi connectivity index (χ1) is 17.5. The number of carbonyl (C=O) groups is 2. The molecular weight excluding hydrogens is 444 g/mol. The molecule has 3 rings (SSSR count). The fourth-order valence-corrected chi connectivity index (χ4v) is 4.40. The average molecular weight is 485 g/mol. The molecule has 0 bridgehead atoms. The van der Waals surface area contributed by atoms with Gasteiger partial charge in [0.05, 0.1) is 0 Å². The summed E-state index contributed by atoms with van der Waals surface area (Å²) in [6, 6.07) is 26.1. The number of rotatable bonds is 13. The van der Waals surface area contributed by atoms with Crippen molar-refractivity contribution in [3.63, 3.8) is 0 Å². The van der Waals surface area contributed by atoms with E-state index in [9.17, 15) is 9.59 Å². The summed E-state index contributed by atoms with van der Waals surface area (Å²) in [5.74, 6) is -0.0803. The Morgan fingerprint density at radius 3 is 2.19 bits per heavy atom. The molecule has 3 aromatic carbocycles. The van der Waals surface area contributed by atoms with Crippen LogP contribution in [0, 0.1) is 6.92 Å². The number of aryl methyl sites for hydroxylation is 3. The van der Waals surface area contributed by atoms with Gasteiger partial charge < -0.3 is 10.2 Å². The van der Waals surface area contributed by atoms with Crippen LogP contribution in [-0.2, 0) is 35.4 Å². The third kappa shape index (κ3) is 8.37. The molecule has 0 aliphatic carbocycles. The van der Waals surface area contributed by atoms with Gasteiger partial charge in [-0.2, -0.15) is 0 Å². The molecule has 3 aromatic rings. The van der Waals surface area contributed by atoms with Crippen LogP contribution in [-0.4, -0.2) is 29.3 Å². The molecule has 0 saturated heterocycles. The van der Waals surface area contributed by atoms with Gasteiger partial charge in [0, 0.05) is 25.9 Å². The van der Waals surface area contributed by atoms with E-state index in [2.05, 4.69) is 62.5 Å². The Hall–Kier alpha value is -3.40.